The van der Waals surface area contributed by atoms with E-state index in [0.717, 1.165) is 15.0 Å². The second kappa shape index (κ2) is 4.55. The SMILES string of the molecule is CC(C)CN1C(=O)CN=C1c1ccc(Cl)s1. The zero-order valence-electron chi connectivity index (χ0n) is 9.24. The van der Waals surface area contributed by atoms with Crippen molar-refractivity contribution in [2.75, 3.05) is 13.1 Å². The average Bonchev–Trinajstić information content (AvgIpc) is 2.75. The highest BCUT2D eigenvalue weighted by Gasteiger charge is 2.27. The number of amidine groups is 1. The van der Waals surface area contributed by atoms with E-state index in [1.54, 1.807) is 4.90 Å². The van der Waals surface area contributed by atoms with Crippen LogP contribution in [0.2, 0.25) is 4.34 Å². The quantitative estimate of drug-likeness (QED) is 0.818. The molecule has 16 heavy (non-hydrogen) atoms. The van der Waals surface area contributed by atoms with Crippen LogP contribution in [0.5, 0.6) is 0 Å². The number of carbonyl (C=O) groups excluding carboxylic acids is 1. The van der Waals surface area contributed by atoms with Gasteiger partial charge in [0.05, 0.1) is 9.21 Å². The third-order valence-electron chi connectivity index (χ3n) is 2.26. The molecule has 0 atom stereocenters. The number of aliphatic imine (C=N–C) groups is 1. The van der Waals surface area contributed by atoms with Crippen molar-refractivity contribution in [3.8, 4) is 0 Å². The van der Waals surface area contributed by atoms with Gasteiger partial charge in [0.25, 0.3) is 0 Å². The van der Waals surface area contributed by atoms with Gasteiger partial charge in [0.1, 0.15) is 12.4 Å². The molecule has 1 aliphatic rings. The van der Waals surface area contributed by atoms with Crippen molar-refractivity contribution in [1.29, 1.82) is 0 Å². The van der Waals surface area contributed by atoms with Crippen molar-refractivity contribution in [2.45, 2.75) is 13.8 Å². The van der Waals surface area contributed by atoms with Crippen LogP contribution in [0.15, 0.2) is 17.1 Å². The highest BCUT2D eigenvalue weighted by Crippen LogP contribution is 2.25. The molecule has 1 aromatic heterocycles. The summed E-state index contributed by atoms with van der Waals surface area (Å²) < 4.78 is 0.724. The van der Waals surface area contributed by atoms with Gasteiger partial charge in [-0.2, -0.15) is 0 Å². The molecule has 1 aliphatic heterocycles. The number of amides is 1. The summed E-state index contributed by atoms with van der Waals surface area (Å²) in [5, 5.41) is 0. The molecule has 0 bridgehead atoms. The topological polar surface area (TPSA) is 32.7 Å². The Bertz CT molecular complexity index is 439. The largest absolute Gasteiger partial charge is 0.294 e. The maximum absolute atomic E-state index is 11.7. The Morgan fingerprint density at radius 2 is 2.31 bits per heavy atom. The first kappa shape index (κ1) is 11.6. The highest BCUT2D eigenvalue weighted by atomic mass is 35.5. The smallest absolute Gasteiger partial charge is 0.249 e. The van der Waals surface area contributed by atoms with Crippen molar-refractivity contribution < 1.29 is 4.79 Å². The predicted octanol–water partition coefficient (Wildman–Crippen LogP) is 2.65. The Labute approximate surface area is 104 Å². The fourth-order valence-corrected chi connectivity index (χ4v) is 2.69. The number of hydrogen-bond donors (Lipinski definition) is 0. The van der Waals surface area contributed by atoms with Gasteiger partial charge in [-0.1, -0.05) is 25.4 Å². The number of rotatable bonds is 3. The van der Waals surface area contributed by atoms with Crippen molar-refractivity contribution in [2.24, 2.45) is 10.9 Å². The number of nitrogens with zero attached hydrogens (tertiary/aromatic N) is 2. The van der Waals surface area contributed by atoms with Gasteiger partial charge in [-0.3, -0.25) is 14.7 Å². The average molecular weight is 257 g/mol. The summed E-state index contributed by atoms with van der Waals surface area (Å²) in [6.07, 6.45) is 0. The summed E-state index contributed by atoms with van der Waals surface area (Å²) in [5.41, 5.74) is 0. The summed E-state index contributed by atoms with van der Waals surface area (Å²) >= 11 is 7.35. The van der Waals surface area contributed by atoms with Gasteiger partial charge in [0.15, 0.2) is 0 Å². The van der Waals surface area contributed by atoms with Crippen molar-refractivity contribution in [3.05, 3.63) is 21.3 Å². The maximum atomic E-state index is 11.7. The van der Waals surface area contributed by atoms with Crippen LogP contribution in [-0.4, -0.2) is 29.7 Å². The number of thiophene rings is 1. The predicted molar refractivity (Wildman–Crippen MR) is 67.3 cm³/mol. The molecule has 1 aromatic rings. The first-order valence-corrected chi connectivity index (χ1v) is 6.38. The molecule has 5 heteroatoms. The molecule has 0 saturated heterocycles. The number of halogens is 1. The first-order chi connectivity index (χ1) is 7.58. The van der Waals surface area contributed by atoms with Gasteiger partial charge in [-0.05, 0) is 18.1 Å². The lowest BCUT2D eigenvalue weighted by atomic mass is 10.2. The van der Waals surface area contributed by atoms with Crippen molar-refractivity contribution >= 4 is 34.7 Å². The Kier molecular flexibility index (Phi) is 3.30. The van der Waals surface area contributed by atoms with Gasteiger partial charge in [0, 0.05) is 6.54 Å². The van der Waals surface area contributed by atoms with Crippen LogP contribution in [-0.2, 0) is 4.79 Å². The molecule has 2 heterocycles. The first-order valence-electron chi connectivity index (χ1n) is 5.18. The molecule has 0 spiro atoms. The van der Waals surface area contributed by atoms with Gasteiger partial charge in [0.2, 0.25) is 5.91 Å². The van der Waals surface area contributed by atoms with Crippen LogP contribution in [0.4, 0.5) is 0 Å². The molecule has 0 aromatic carbocycles. The summed E-state index contributed by atoms with van der Waals surface area (Å²) in [7, 11) is 0. The van der Waals surface area contributed by atoms with Gasteiger partial charge in [-0.15, -0.1) is 11.3 Å². The fraction of sp³-hybridized carbons (Fsp3) is 0.455. The molecular weight excluding hydrogens is 244 g/mol. The molecule has 0 N–H and O–H groups in total. The third kappa shape index (κ3) is 2.28. The van der Waals surface area contributed by atoms with Gasteiger partial charge >= 0.3 is 0 Å². The second-order valence-electron chi connectivity index (χ2n) is 4.14. The van der Waals surface area contributed by atoms with Crippen LogP contribution in [0.3, 0.4) is 0 Å². The van der Waals surface area contributed by atoms with Gasteiger partial charge in [-0.25, -0.2) is 0 Å². The zero-order valence-corrected chi connectivity index (χ0v) is 10.8. The molecule has 0 fully saturated rings. The van der Waals surface area contributed by atoms with E-state index in [0.29, 0.717) is 12.5 Å². The van der Waals surface area contributed by atoms with E-state index in [9.17, 15) is 4.79 Å². The number of carbonyl (C=O) groups is 1. The molecule has 86 valence electrons. The summed E-state index contributed by atoms with van der Waals surface area (Å²) in [6.45, 7) is 5.15. The lowest BCUT2D eigenvalue weighted by Crippen LogP contribution is -2.35. The molecule has 2 rings (SSSR count). The molecule has 0 radical (unpaired) electrons. The van der Waals surface area contributed by atoms with E-state index in [1.165, 1.54) is 11.3 Å². The summed E-state index contributed by atoms with van der Waals surface area (Å²) in [4.78, 5) is 18.7. The molecule has 3 nitrogen and oxygen atoms in total. The maximum Gasteiger partial charge on any atom is 0.249 e. The standard InChI is InChI=1S/C11H13ClN2OS/c1-7(2)6-14-10(15)5-13-11(14)8-3-4-9(12)16-8/h3-4,7H,5-6H2,1-2H3. The molecule has 0 saturated carbocycles. The Balaban J connectivity index is 2.23. The number of hydrogen-bond acceptors (Lipinski definition) is 3. The second-order valence-corrected chi connectivity index (χ2v) is 5.86. The van der Waals surface area contributed by atoms with Crippen LogP contribution in [0.1, 0.15) is 18.7 Å². The summed E-state index contributed by atoms with van der Waals surface area (Å²) in [5.74, 6) is 1.28. The van der Waals surface area contributed by atoms with Crippen LogP contribution in [0.25, 0.3) is 0 Å². The van der Waals surface area contributed by atoms with E-state index >= 15 is 0 Å². The van der Waals surface area contributed by atoms with Gasteiger partial charge < -0.3 is 0 Å². The van der Waals surface area contributed by atoms with E-state index in [2.05, 4.69) is 18.8 Å². The minimum atomic E-state index is 0.0771. The molecular formula is C11H13ClN2OS. The minimum Gasteiger partial charge on any atom is -0.294 e. The monoisotopic (exact) mass is 256 g/mol. The Morgan fingerprint density at radius 1 is 1.56 bits per heavy atom. The summed E-state index contributed by atoms with van der Waals surface area (Å²) in [6, 6.07) is 3.75. The molecule has 0 aliphatic carbocycles. The normalized spacial score (nSPS) is 16.1. The third-order valence-corrected chi connectivity index (χ3v) is 3.49. The van der Waals surface area contributed by atoms with Crippen LogP contribution < -0.4 is 0 Å². The van der Waals surface area contributed by atoms with Crippen molar-refractivity contribution in [1.82, 2.24) is 4.90 Å². The Hall–Kier alpha value is -0.870. The van der Waals surface area contributed by atoms with E-state index in [4.69, 9.17) is 11.6 Å². The van der Waals surface area contributed by atoms with Crippen LogP contribution in [0, 0.1) is 5.92 Å². The van der Waals surface area contributed by atoms with Crippen molar-refractivity contribution in [3.63, 3.8) is 0 Å². The highest BCUT2D eigenvalue weighted by molar-refractivity contribution is 7.18. The zero-order chi connectivity index (χ0) is 11.7. The fourth-order valence-electron chi connectivity index (χ4n) is 1.63. The van der Waals surface area contributed by atoms with E-state index in [1.807, 2.05) is 12.1 Å². The molecule has 0 unspecified atom stereocenters. The van der Waals surface area contributed by atoms with E-state index in [-0.39, 0.29) is 12.5 Å². The lowest BCUT2D eigenvalue weighted by molar-refractivity contribution is -0.125. The Morgan fingerprint density at radius 3 is 2.88 bits per heavy atom. The van der Waals surface area contributed by atoms with E-state index < -0.39 is 0 Å². The minimum absolute atomic E-state index is 0.0771. The lowest BCUT2D eigenvalue weighted by Gasteiger charge is -2.19. The van der Waals surface area contributed by atoms with Crippen LogP contribution >= 0.6 is 22.9 Å². The molecule has 1 amide bonds.